The fourth-order valence-electron chi connectivity index (χ4n) is 2.25. The molecule has 0 amide bonds. The van der Waals surface area contributed by atoms with Crippen molar-refractivity contribution in [3.63, 3.8) is 0 Å². The highest BCUT2D eigenvalue weighted by atomic mass is 32.1. The molecule has 1 saturated heterocycles. The molecule has 1 aromatic heterocycles. The molecule has 1 aliphatic rings. The van der Waals surface area contributed by atoms with Crippen LogP contribution < -0.4 is 5.73 Å². The highest BCUT2D eigenvalue weighted by molar-refractivity contribution is 7.09. The summed E-state index contributed by atoms with van der Waals surface area (Å²) in [5.74, 6) is 1.53. The average molecular weight is 280 g/mol. The van der Waals surface area contributed by atoms with Gasteiger partial charge in [-0.1, -0.05) is 13.8 Å². The third-order valence-electron chi connectivity index (χ3n) is 3.65. The lowest BCUT2D eigenvalue weighted by atomic mass is 10.00. The lowest BCUT2D eigenvalue weighted by Crippen LogP contribution is -2.42. The van der Waals surface area contributed by atoms with Crippen molar-refractivity contribution >= 4 is 17.3 Å². The third kappa shape index (κ3) is 4.20. The fraction of sp³-hybridized carbons (Fsp3) is 0.714. The molecule has 0 atom stereocenters. The normalized spacial score (nSPS) is 18.0. The van der Waals surface area contributed by atoms with Gasteiger partial charge in [-0.05, 0) is 25.2 Å². The predicted molar refractivity (Wildman–Crippen MR) is 81.7 cm³/mol. The number of thiazole rings is 1. The molecule has 1 aliphatic heterocycles. The van der Waals surface area contributed by atoms with E-state index in [1.165, 1.54) is 17.8 Å². The summed E-state index contributed by atoms with van der Waals surface area (Å²) in [5, 5.41) is 3.34. The number of hydrogen-bond donors (Lipinski definition) is 1. The first-order valence-electron chi connectivity index (χ1n) is 7.17. The summed E-state index contributed by atoms with van der Waals surface area (Å²) in [7, 11) is 0. The molecule has 4 nitrogen and oxygen atoms in total. The summed E-state index contributed by atoms with van der Waals surface area (Å²) in [5.41, 5.74) is 7.19. The second-order valence-electron chi connectivity index (χ2n) is 5.25. The molecule has 5 heteroatoms. The van der Waals surface area contributed by atoms with Crippen LogP contribution in [0.4, 0.5) is 0 Å². The van der Waals surface area contributed by atoms with Gasteiger partial charge >= 0.3 is 0 Å². The van der Waals surface area contributed by atoms with Crippen molar-refractivity contribution in [3.8, 4) is 0 Å². The van der Waals surface area contributed by atoms with Crippen molar-refractivity contribution in [2.45, 2.75) is 39.5 Å². The van der Waals surface area contributed by atoms with Crippen LogP contribution in [0.2, 0.25) is 0 Å². The van der Waals surface area contributed by atoms with Crippen LogP contribution in [0.15, 0.2) is 10.4 Å². The van der Waals surface area contributed by atoms with E-state index in [0.29, 0.717) is 5.96 Å². The number of likely N-dealkylation sites (tertiary alicyclic amines) is 1. The maximum atomic E-state index is 6.05. The summed E-state index contributed by atoms with van der Waals surface area (Å²) < 4.78 is 0. The van der Waals surface area contributed by atoms with E-state index in [-0.39, 0.29) is 0 Å². The van der Waals surface area contributed by atoms with Crippen LogP contribution in [0.5, 0.6) is 0 Å². The number of aromatic nitrogens is 1. The zero-order chi connectivity index (χ0) is 13.7. The Morgan fingerprint density at radius 3 is 2.89 bits per heavy atom. The van der Waals surface area contributed by atoms with Crippen LogP contribution in [-0.4, -0.2) is 35.5 Å². The van der Waals surface area contributed by atoms with E-state index >= 15 is 0 Å². The largest absolute Gasteiger partial charge is 0.370 e. The lowest BCUT2D eigenvalue weighted by molar-refractivity contribution is 0.277. The first-order valence-corrected chi connectivity index (χ1v) is 8.05. The van der Waals surface area contributed by atoms with E-state index in [4.69, 9.17) is 5.73 Å². The molecule has 0 bridgehead atoms. The first kappa shape index (κ1) is 14.3. The number of piperidine rings is 1. The number of nitrogens with two attached hydrogens (primary N) is 1. The molecule has 0 spiro atoms. The monoisotopic (exact) mass is 280 g/mol. The number of aryl methyl sites for hydroxylation is 1. The van der Waals surface area contributed by atoms with Crippen LogP contribution in [0.25, 0.3) is 0 Å². The molecule has 19 heavy (non-hydrogen) atoms. The Labute approximate surface area is 119 Å². The lowest BCUT2D eigenvalue weighted by Gasteiger charge is -2.31. The quantitative estimate of drug-likeness (QED) is 0.680. The zero-order valence-corrected chi connectivity index (χ0v) is 12.7. The molecule has 106 valence electrons. The topological polar surface area (TPSA) is 54.5 Å². The molecule has 2 heterocycles. The van der Waals surface area contributed by atoms with Gasteiger partial charge < -0.3 is 10.6 Å². The highest BCUT2D eigenvalue weighted by Crippen LogP contribution is 2.15. The molecule has 1 fully saturated rings. The first-order chi connectivity index (χ1) is 9.19. The van der Waals surface area contributed by atoms with Gasteiger partial charge in [0.2, 0.25) is 0 Å². The Morgan fingerprint density at radius 1 is 1.53 bits per heavy atom. The van der Waals surface area contributed by atoms with Crippen LogP contribution >= 0.6 is 11.3 Å². The summed E-state index contributed by atoms with van der Waals surface area (Å²) in [4.78, 5) is 11.2. The molecule has 1 aromatic rings. The van der Waals surface area contributed by atoms with Crippen molar-refractivity contribution in [1.29, 1.82) is 0 Å². The van der Waals surface area contributed by atoms with Crippen LogP contribution in [0.1, 0.15) is 37.4 Å². The average Bonchev–Trinajstić information content (AvgIpc) is 2.87. The van der Waals surface area contributed by atoms with Crippen molar-refractivity contribution < 1.29 is 0 Å². The van der Waals surface area contributed by atoms with Crippen LogP contribution in [-0.2, 0) is 12.8 Å². The van der Waals surface area contributed by atoms with E-state index in [2.05, 4.69) is 34.1 Å². The van der Waals surface area contributed by atoms with Crippen LogP contribution in [0, 0.1) is 5.92 Å². The zero-order valence-electron chi connectivity index (χ0n) is 11.9. The highest BCUT2D eigenvalue weighted by Gasteiger charge is 2.16. The number of aliphatic imine (C=N–C) groups is 1. The van der Waals surface area contributed by atoms with Crippen molar-refractivity contribution in [2.24, 2.45) is 16.6 Å². The summed E-state index contributed by atoms with van der Waals surface area (Å²) >= 11 is 1.74. The molecular formula is C14H24N4S. The van der Waals surface area contributed by atoms with E-state index in [1.54, 1.807) is 11.3 Å². The van der Waals surface area contributed by atoms with E-state index in [1.807, 2.05) is 0 Å². The Morgan fingerprint density at radius 2 is 2.26 bits per heavy atom. The van der Waals surface area contributed by atoms with Gasteiger partial charge in [-0.3, -0.25) is 4.99 Å². The third-order valence-corrected chi connectivity index (χ3v) is 4.69. The standard InChI is InChI=1S/C14H24N4S/c1-3-13-17-12(10-19-13)4-7-16-14(15)18-8-5-11(2)6-9-18/h10-11H,3-9H2,1-2H3,(H2,15,16). The molecule has 0 unspecified atom stereocenters. The van der Waals surface area contributed by atoms with Gasteiger partial charge in [-0.15, -0.1) is 11.3 Å². The Hall–Kier alpha value is -1.10. The maximum absolute atomic E-state index is 6.05. The Bertz CT molecular complexity index is 419. The SMILES string of the molecule is CCc1nc(CCN=C(N)N2CCC(C)CC2)cs1. The molecule has 2 rings (SSSR count). The van der Waals surface area contributed by atoms with Crippen molar-refractivity contribution in [3.05, 3.63) is 16.1 Å². The molecule has 0 saturated carbocycles. The second kappa shape index (κ2) is 6.89. The second-order valence-corrected chi connectivity index (χ2v) is 6.19. The van der Waals surface area contributed by atoms with E-state index < -0.39 is 0 Å². The van der Waals surface area contributed by atoms with Crippen molar-refractivity contribution in [2.75, 3.05) is 19.6 Å². The van der Waals surface area contributed by atoms with Gasteiger partial charge in [-0.25, -0.2) is 4.98 Å². The molecule has 0 radical (unpaired) electrons. The van der Waals surface area contributed by atoms with Crippen LogP contribution in [0.3, 0.4) is 0 Å². The smallest absolute Gasteiger partial charge is 0.191 e. The van der Waals surface area contributed by atoms with Gasteiger partial charge in [0.15, 0.2) is 5.96 Å². The summed E-state index contributed by atoms with van der Waals surface area (Å²) in [6.45, 7) is 7.28. The number of hydrogen-bond acceptors (Lipinski definition) is 3. The van der Waals surface area contributed by atoms with Gasteiger partial charge in [0.05, 0.1) is 10.7 Å². The minimum atomic E-state index is 0.706. The fourth-order valence-corrected chi connectivity index (χ4v) is 3.03. The summed E-state index contributed by atoms with van der Waals surface area (Å²) in [6, 6.07) is 0. The van der Waals surface area contributed by atoms with Gasteiger partial charge in [0.1, 0.15) is 0 Å². The minimum absolute atomic E-state index is 0.706. The van der Waals surface area contributed by atoms with Gasteiger partial charge in [0.25, 0.3) is 0 Å². The number of rotatable bonds is 4. The Balaban J connectivity index is 1.78. The van der Waals surface area contributed by atoms with E-state index in [9.17, 15) is 0 Å². The summed E-state index contributed by atoms with van der Waals surface area (Å²) in [6.07, 6.45) is 4.35. The van der Waals surface area contributed by atoms with Gasteiger partial charge in [0, 0.05) is 31.4 Å². The van der Waals surface area contributed by atoms with E-state index in [0.717, 1.165) is 44.1 Å². The molecule has 2 N–H and O–H groups in total. The molecule has 0 aromatic carbocycles. The van der Waals surface area contributed by atoms with Gasteiger partial charge in [-0.2, -0.15) is 0 Å². The molecular weight excluding hydrogens is 256 g/mol. The number of nitrogens with zero attached hydrogens (tertiary/aromatic N) is 3. The minimum Gasteiger partial charge on any atom is -0.370 e. The Kier molecular flexibility index (Phi) is 5.19. The van der Waals surface area contributed by atoms with Crippen molar-refractivity contribution in [1.82, 2.24) is 9.88 Å². The maximum Gasteiger partial charge on any atom is 0.191 e. The number of guanidine groups is 1. The predicted octanol–water partition coefficient (Wildman–Crippen LogP) is 2.29. The molecule has 0 aliphatic carbocycles.